The first-order chi connectivity index (χ1) is 10.5. The zero-order chi connectivity index (χ0) is 15.2. The maximum atomic E-state index is 11.4. The molecular formula is C17H23NO3S. The van der Waals surface area contributed by atoms with Gasteiger partial charge in [0.05, 0.1) is 17.6 Å². The van der Waals surface area contributed by atoms with Crippen LogP contribution in [-0.4, -0.2) is 44.0 Å². The highest BCUT2D eigenvalue weighted by Crippen LogP contribution is 2.42. The average Bonchev–Trinajstić information content (AvgIpc) is 2.89. The molecule has 1 aromatic carbocycles. The molecule has 1 spiro atoms. The minimum atomic E-state index is -2.72. The van der Waals surface area contributed by atoms with Gasteiger partial charge in [-0.25, -0.2) is 8.42 Å². The molecule has 2 aliphatic heterocycles. The zero-order valence-electron chi connectivity index (χ0n) is 12.8. The number of likely N-dealkylation sites (tertiary alicyclic amines) is 1. The Morgan fingerprint density at radius 1 is 1.14 bits per heavy atom. The van der Waals surface area contributed by atoms with Crippen molar-refractivity contribution < 1.29 is 13.2 Å². The summed E-state index contributed by atoms with van der Waals surface area (Å²) in [5, 5.41) is 0. The zero-order valence-corrected chi connectivity index (χ0v) is 13.6. The molecule has 0 radical (unpaired) electrons. The highest BCUT2D eigenvalue weighted by atomic mass is 32.2. The molecule has 1 aromatic rings. The van der Waals surface area contributed by atoms with E-state index in [1.807, 2.05) is 6.07 Å². The maximum absolute atomic E-state index is 11.4. The van der Waals surface area contributed by atoms with Crippen LogP contribution in [0.1, 0.15) is 31.2 Å². The van der Waals surface area contributed by atoms with Gasteiger partial charge in [0.1, 0.15) is 5.75 Å². The van der Waals surface area contributed by atoms with Gasteiger partial charge >= 0.3 is 0 Å². The van der Waals surface area contributed by atoms with Crippen LogP contribution >= 0.6 is 0 Å². The van der Waals surface area contributed by atoms with Crippen LogP contribution in [-0.2, 0) is 16.4 Å². The molecule has 120 valence electrons. The first-order valence-electron chi connectivity index (χ1n) is 8.21. The van der Waals surface area contributed by atoms with Gasteiger partial charge < -0.3 is 4.74 Å². The van der Waals surface area contributed by atoms with E-state index in [0.29, 0.717) is 17.6 Å². The lowest BCUT2D eigenvalue weighted by Crippen LogP contribution is -2.67. The fourth-order valence-corrected chi connectivity index (χ4v) is 6.41. The number of ether oxygens (including phenoxy) is 1. The van der Waals surface area contributed by atoms with E-state index in [-0.39, 0.29) is 5.41 Å². The molecular weight excluding hydrogens is 298 g/mol. The first kappa shape index (κ1) is 14.5. The maximum Gasteiger partial charge on any atom is 0.151 e. The third-order valence-corrected chi connectivity index (χ3v) is 7.24. The number of hydrogen-bond acceptors (Lipinski definition) is 4. The van der Waals surface area contributed by atoms with Gasteiger partial charge in [-0.15, -0.1) is 0 Å². The van der Waals surface area contributed by atoms with Gasteiger partial charge in [-0.3, -0.25) is 4.90 Å². The Kier molecular flexibility index (Phi) is 3.46. The average molecular weight is 321 g/mol. The Hall–Kier alpha value is -1.07. The molecule has 0 bridgehead atoms. The molecule has 4 nitrogen and oxygen atoms in total. The Labute approximate surface area is 132 Å². The fraction of sp³-hybridized carbons (Fsp3) is 0.647. The van der Waals surface area contributed by atoms with E-state index in [4.69, 9.17) is 4.74 Å². The molecule has 0 aromatic heterocycles. The first-order valence-corrected chi connectivity index (χ1v) is 10.0. The Bertz CT molecular complexity index is 644. The van der Waals surface area contributed by atoms with Crippen molar-refractivity contribution in [3.63, 3.8) is 0 Å². The predicted octanol–water partition coefficient (Wildman–Crippen LogP) is 2.24. The van der Waals surface area contributed by atoms with Gasteiger partial charge in [0.2, 0.25) is 0 Å². The van der Waals surface area contributed by atoms with Crippen molar-refractivity contribution in [1.29, 1.82) is 0 Å². The van der Waals surface area contributed by atoms with E-state index in [2.05, 4.69) is 23.1 Å². The van der Waals surface area contributed by atoms with Crippen molar-refractivity contribution in [3.05, 3.63) is 29.8 Å². The van der Waals surface area contributed by atoms with Gasteiger partial charge in [-0.05, 0) is 31.7 Å². The summed E-state index contributed by atoms with van der Waals surface area (Å²) in [6.45, 7) is 2.68. The van der Waals surface area contributed by atoms with E-state index >= 15 is 0 Å². The Morgan fingerprint density at radius 3 is 2.50 bits per heavy atom. The standard InChI is InChI=1S/C17H23NO3S/c19-22(20)12-17(13-22)10-18(11-17)9-14-5-1-4-8-16(14)21-15-6-2-3-7-15/h1,4-5,8,15H,2-3,6-7,9-13H2. The van der Waals surface area contributed by atoms with E-state index in [9.17, 15) is 8.42 Å². The van der Waals surface area contributed by atoms with Crippen LogP contribution in [0.5, 0.6) is 5.75 Å². The molecule has 1 aliphatic carbocycles. The van der Waals surface area contributed by atoms with Crippen LogP contribution in [0.2, 0.25) is 0 Å². The van der Waals surface area contributed by atoms with Crippen LogP contribution in [0, 0.1) is 5.41 Å². The quantitative estimate of drug-likeness (QED) is 0.853. The second kappa shape index (κ2) is 5.24. The molecule has 5 heteroatoms. The van der Waals surface area contributed by atoms with Crippen molar-refractivity contribution in [2.45, 2.75) is 38.3 Å². The van der Waals surface area contributed by atoms with Crippen molar-refractivity contribution in [1.82, 2.24) is 4.90 Å². The van der Waals surface area contributed by atoms with Gasteiger partial charge in [-0.1, -0.05) is 18.2 Å². The lowest BCUT2D eigenvalue weighted by molar-refractivity contribution is 0.0171. The summed E-state index contributed by atoms with van der Waals surface area (Å²) in [5.74, 6) is 1.78. The van der Waals surface area contributed by atoms with Gasteiger partial charge in [-0.2, -0.15) is 0 Å². The molecule has 0 unspecified atom stereocenters. The molecule has 3 aliphatic rings. The topological polar surface area (TPSA) is 46.6 Å². The number of rotatable bonds is 4. The largest absolute Gasteiger partial charge is 0.490 e. The molecule has 0 atom stereocenters. The molecule has 0 N–H and O–H groups in total. The van der Waals surface area contributed by atoms with E-state index < -0.39 is 9.84 Å². The van der Waals surface area contributed by atoms with Crippen molar-refractivity contribution in [2.24, 2.45) is 5.41 Å². The van der Waals surface area contributed by atoms with E-state index in [1.54, 1.807) is 0 Å². The third-order valence-electron chi connectivity index (χ3n) is 5.13. The summed E-state index contributed by atoms with van der Waals surface area (Å²) in [6, 6.07) is 8.29. The molecule has 2 heterocycles. The van der Waals surface area contributed by atoms with Gasteiger partial charge in [0.25, 0.3) is 0 Å². The molecule has 2 saturated heterocycles. The lowest BCUT2D eigenvalue weighted by Gasteiger charge is -2.55. The van der Waals surface area contributed by atoms with Gasteiger partial charge in [0, 0.05) is 30.6 Å². The minimum Gasteiger partial charge on any atom is -0.490 e. The molecule has 0 amide bonds. The summed E-state index contributed by atoms with van der Waals surface area (Å²) in [7, 11) is -2.72. The normalized spacial score (nSPS) is 26.5. The van der Waals surface area contributed by atoms with Gasteiger partial charge in [0.15, 0.2) is 9.84 Å². The number of hydrogen-bond donors (Lipinski definition) is 0. The number of sulfone groups is 1. The van der Waals surface area contributed by atoms with Crippen LogP contribution in [0.4, 0.5) is 0 Å². The monoisotopic (exact) mass is 321 g/mol. The SMILES string of the molecule is O=S1(=O)CC2(CN(Cc3ccccc3OC3CCCC3)C2)C1. The van der Waals surface area contributed by atoms with Crippen LogP contribution in [0.25, 0.3) is 0 Å². The fourth-order valence-electron chi connectivity index (χ4n) is 4.26. The number of benzene rings is 1. The highest BCUT2D eigenvalue weighted by Gasteiger charge is 2.55. The van der Waals surface area contributed by atoms with Crippen LogP contribution < -0.4 is 4.74 Å². The second-order valence-electron chi connectivity index (χ2n) is 7.31. The second-order valence-corrected chi connectivity index (χ2v) is 9.37. The molecule has 3 fully saturated rings. The smallest absolute Gasteiger partial charge is 0.151 e. The summed E-state index contributed by atoms with van der Waals surface area (Å²) in [6.07, 6.45) is 5.25. The van der Waals surface area contributed by atoms with Crippen LogP contribution in [0.15, 0.2) is 24.3 Å². The van der Waals surface area contributed by atoms with Crippen molar-refractivity contribution in [3.8, 4) is 5.75 Å². The predicted molar refractivity (Wildman–Crippen MR) is 85.7 cm³/mol. The van der Waals surface area contributed by atoms with Crippen molar-refractivity contribution >= 4 is 9.84 Å². The minimum absolute atomic E-state index is 0.0695. The Balaban J connectivity index is 1.37. The highest BCUT2D eigenvalue weighted by molar-refractivity contribution is 7.92. The molecule has 22 heavy (non-hydrogen) atoms. The summed E-state index contributed by atoms with van der Waals surface area (Å²) < 4.78 is 28.9. The molecule has 4 rings (SSSR count). The van der Waals surface area contributed by atoms with E-state index in [0.717, 1.165) is 25.4 Å². The molecule has 1 saturated carbocycles. The van der Waals surface area contributed by atoms with E-state index in [1.165, 1.54) is 31.2 Å². The summed E-state index contributed by atoms with van der Waals surface area (Å²) >= 11 is 0. The summed E-state index contributed by atoms with van der Waals surface area (Å²) in [4.78, 5) is 2.34. The number of para-hydroxylation sites is 1. The summed E-state index contributed by atoms with van der Waals surface area (Å²) in [5.41, 5.74) is 1.30. The third kappa shape index (κ3) is 2.76. The lowest BCUT2D eigenvalue weighted by atomic mass is 9.82. The number of nitrogens with zero attached hydrogens (tertiary/aromatic N) is 1. The Morgan fingerprint density at radius 2 is 1.82 bits per heavy atom. The van der Waals surface area contributed by atoms with Crippen molar-refractivity contribution in [2.75, 3.05) is 24.6 Å². The van der Waals surface area contributed by atoms with Crippen LogP contribution in [0.3, 0.4) is 0 Å².